The fourth-order valence-corrected chi connectivity index (χ4v) is 1.04. The molecule has 0 fully saturated rings. The summed E-state index contributed by atoms with van der Waals surface area (Å²) in [6.45, 7) is 0. The van der Waals surface area contributed by atoms with Gasteiger partial charge in [0, 0.05) is 6.21 Å². The van der Waals surface area contributed by atoms with Crippen molar-refractivity contribution in [2.45, 2.75) is 6.04 Å². The van der Waals surface area contributed by atoms with Crippen LogP contribution in [0, 0.1) is 0 Å². The molecule has 2 aliphatic rings. The molecule has 5 heteroatoms. The molecule has 0 aromatic rings. The van der Waals surface area contributed by atoms with E-state index >= 15 is 0 Å². The van der Waals surface area contributed by atoms with Crippen molar-refractivity contribution >= 4 is 18.1 Å². The van der Waals surface area contributed by atoms with Crippen molar-refractivity contribution < 1.29 is 4.79 Å². The summed E-state index contributed by atoms with van der Waals surface area (Å²) >= 11 is 0. The Balaban J connectivity index is 2.42. The van der Waals surface area contributed by atoms with E-state index in [0.717, 1.165) is 0 Å². The minimum Gasteiger partial charge on any atom is -0.369 e. The average molecular weight is 150 g/mol. The Hall–Kier alpha value is -1.65. The standard InChI is InChI=1S/C6H6N4O/c7-6-9-3-1-2-8-4(3)5(11)10-6/h1-2,4H,(H3,7,9,10,11). The zero-order valence-corrected chi connectivity index (χ0v) is 5.61. The van der Waals surface area contributed by atoms with E-state index in [1.807, 2.05) is 0 Å². The quantitative estimate of drug-likeness (QED) is 0.453. The molecule has 1 unspecified atom stereocenters. The van der Waals surface area contributed by atoms with Crippen LogP contribution in [0.1, 0.15) is 0 Å². The topological polar surface area (TPSA) is 79.8 Å². The number of hydrogen-bond acceptors (Lipinski definition) is 4. The van der Waals surface area contributed by atoms with E-state index in [1.54, 1.807) is 12.3 Å². The van der Waals surface area contributed by atoms with Gasteiger partial charge in [0.05, 0.1) is 5.70 Å². The lowest BCUT2D eigenvalue weighted by atomic mass is 10.2. The molecule has 0 saturated carbocycles. The lowest BCUT2D eigenvalue weighted by Gasteiger charge is -2.15. The number of allylic oxidation sites excluding steroid dienone is 1. The first-order valence-corrected chi connectivity index (χ1v) is 3.16. The van der Waals surface area contributed by atoms with Gasteiger partial charge in [0.2, 0.25) is 0 Å². The van der Waals surface area contributed by atoms with E-state index in [0.29, 0.717) is 5.70 Å². The number of nitrogens with two attached hydrogens (primary N) is 1. The molecular weight excluding hydrogens is 144 g/mol. The van der Waals surface area contributed by atoms with Gasteiger partial charge in [-0.3, -0.25) is 15.1 Å². The Morgan fingerprint density at radius 3 is 3.27 bits per heavy atom. The maximum atomic E-state index is 11.1. The second-order valence-corrected chi connectivity index (χ2v) is 2.28. The van der Waals surface area contributed by atoms with Crippen molar-refractivity contribution in [3.05, 3.63) is 11.8 Å². The summed E-state index contributed by atoms with van der Waals surface area (Å²) in [6.07, 6.45) is 3.23. The largest absolute Gasteiger partial charge is 0.369 e. The van der Waals surface area contributed by atoms with Crippen molar-refractivity contribution in [1.29, 1.82) is 0 Å². The number of hydrogen-bond donors (Lipinski definition) is 2. The third-order valence-corrected chi connectivity index (χ3v) is 1.51. The molecule has 3 N–H and O–H groups in total. The fraction of sp³-hybridized carbons (Fsp3) is 0.167. The Morgan fingerprint density at radius 1 is 1.64 bits per heavy atom. The van der Waals surface area contributed by atoms with Crippen LogP contribution in [0.15, 0.2) is 21.8 Å². The molecule has 0 aromatic heterocycles. The number of aliphatic imine (C=N–C) groups is 2. The maximum Gasteiger partial charge on any atom is 0.257 e. The number of amides is 1. The van der Waals surface area contributed by atoms with Crippen molar-refractivity contribution in [2.24, 2.45) is 15.7 Å². The second kappa shape index (κ2) is 1.91. The number of fused-ring (bicyclic) bond motifs is 1. The van der Waals surface area contributed by atoms with Gasteiger partial charge in [0.15, 0.2) is 12.0 Å². The van der Waals surface area contributed by atoms with Crippen LogP contribution < -0.4 is 11.1 Å². The Bertz CT molecular complexity index is 302. The molecular formula is C6H6N4O. The van der Waals surface area contributed by atoms with Gasteiger partial charge in [0.1, 0.15) is 0 Å². The monoisotopic (exact) mass is 150 g/mol. The molecule has 1 amide bonds. The Labute approximate surface area is 62.7 Å². The van der Waals surface area contributed by atoms with Crippen LogP contribution in [0.3, 0.4) is 0 Å². The molecule has 0 spiro atoms. The first kappa shape index (κ1) is 6.09. The third kappa shape index (κ3) is 0.813. The summed E-state index contributed by atoms with van der Waals surface area (Å²) in [5.74, 6) is -0.0690. The van der Waals surface area contributed by atoms with Gasteiger partial charge in [-0.15, -0.1) is 0 Å². The van der Waals surface area contributed by atoms with Gasteiger partial charge in [-0.1, -0.05) is 0 Å². The molecule has 2 rings (SSSR count). The van der Waals surface area contributed by atoms with Gasteiger partial charge in [-0.2, -0.15) is 0 Å². The minimum absolute atomic E-state index is 0.142. The average Bonchev–Trinajstić information content (AvgIpc) is 2.34. The van der Waals surface area contributed by atoms with Crippen molar-refractivity contribution in [2.75, 3.05) is 0 Å². The summed E-state index contributed by atoms with van der Waals surface area (Å²) in [6, 6.07) is -0.470. The first-order chi connectivity index (χ1) is 5.27. The van der Waals surface area contributed by atoms with E-state index in [9.17, 15) is 4.79 Å². The Kier molecular flexibility index (Phi) is 1.06. The van der Waals surface area contributed by atoms with Gasteiger partial charge < -0.3 is 5.73 Å². The molecule has 2 heterocycles. The summed E-state index contributed by atoms with van der Waals surface area (Å²) in [5, 5.41) is 2.38. The predicted molar refractivity (Wildman–Crippen MR) is 40.1 cm³/mol. The van der Waals surface area contributed by atoms with Crippen LogP contribution in [-0.2, 0) is 4.79 Å². The van der Waals surface area contributed by atoms with Crippen molar-refractivity contribution in [3.8, 4) is 0 Å². The fourth-order valence-electron chi connectivity index (χ4n) is 1.04. The molecule has 0 saturated heterocycles. The highest BCUT2D eigenvalue weighted by molar-refractivity contribution is 6.05. The third-order valence-electron chi connectivity index (χ3n) is 1.51. The van der Waals surface area contributed by atoms with Crippen LogP contribution in [0.2, 0.25) is 0 Å². The lowest BCUT2D eigenvalue weighted by Crippen LogP contribution is -2.46. The van der Waals surface area contributed by atoms with E-state index in [1.165, 1.54) is 0 Å². The maximum absolute atomic E-state index is 11.1. The molecule has 11 heavy (non-hydrogen) atoms. The highest BCUT2D eigenvalue weighted by Crippen LogP contribution is 2.15. The Morgan fingerprint density at radius 2 is 2.45 bits per heavy atom. The lowest BCUT2D eigenvalue weighted by molar-refractivity contribution is -0.120. The number of carbonyl (C=O) groups is 1. The van der Waals surface area contributed by atoms with Crippen molar-refractivity contribution in [1.82, 2.24) is 5.32 Å². The summed E-state index contributed by atoms with van der Waals surface area (Å²) < 4.78 is 0. The SMILES string of the molecule is NC1=NC2=CC=NC2C(=O)N1. The number of guanidine groups is 1. The number of nitrogens with one attached hydrogen (secondary N) is 1. The zero-order valence-electron chi connectivity index (χ0n) is 5.61. The van der Waals surface area contributed by atoms with Crippen LogP contribution in [0.5, 0.6) is 0 Å². The van der Waals surface area contributed by atoms with Crippen LogP contribution in [-0.4, -0.2) is 24.1 Å². The normalized spacial score (nSPS) is 27.3. The first-order valence-electron chi connectivity index (χ1n) is 3.16. The summed E-state index contributed by atoms with van der Waals surface area (Å²) in [5.41, 5.74) is 5.92. The van der Waals surface area contributed by atoms with Gasteiger partial charge in [-0.05, 0) is 6.08 Å². The second-order valence-electron chi connectivity index (χ2n) is 2.28. The zero-order chi connectivity index (χ0) is 7.84. The smallest absolute Gasteiger partial charge is 0.257 e. The summed E-state index contributed by atoms with van der Waals surface area (Å²) in [7, 11) is 0. The van der Waals surface area contributed by atoms with E-state index in [2.05, 4.69) is 15.3 Å². The van der Waals surface area contributed by atoms with Gasteiger partial charge in [0.25, 0.3) is 5.91 Å². The molecule has 0 aromatic carbocycles. The molecule has 5 nitrogen and oxygen atoms in total. The van der Waals surface area contributed by atoms with E-state index in [-0.39, 0.29) is 11.9 Å². The number of nitrogens with zero attached hydrogens (tertiary/aromatic N) is 2. The molecule has 56 valence electrons. The number of rotatable bonds is 0. The molecule has 2 aliphatic heterocycles. The molecule has 0 radical (unpaired) electrons. The molecule has 0 aliphatic carbocycles. The summed E-state index contributed by atoms with van der Waals surface area (Å²) in [4.78, 5) is 18.8. The molecule has 1 atom stereocenters. The minimum atomic E-state index is -0.470. The van der Waals surface area contributed by atoms with E-state index in [4.69, 9.17) is 5.73 Å². The van der Waals surface area contributed by atoms with Crippen LogP contribution in [0.25, 0.3) is 0 Å². The van der Waals surface area contributed by atoms with Gasteiger partial charge >= 0.3 is 0 Å². The van der Waals surface area contributed by atoms with Gasteiger partial charge in [-0.25, -0.2) is 4.99 Å². The highest BCUT2D eigenvalue weighted by atomic mass is 16.2. The predicted octanol–water partition coefficient (Wildman–Crippen LogP) is -1.23. The van der Waals surface area contributed by atoms with Crippen molar-refractivity contribution in [3.63, 3.8) is 0 Å². The number of carbonyl (C=O) groups excluding carboxylic acids is 1. The van der Waals surface area contributed by atoms with E-state index < -0.39 is 6.04 Å². The highest BCUT2D eigenvalue weighted by Gasteiger charge is 2.28. The molecule has 0 bridgehead atoms. The van der Waals surface area contributed by atoms with Crippen LogP contribution in [0.4, 0.5) is 0 Å². The van der Waals surface area contributed by atoms with Crippen LogP contribution >= 0.6 is 0 Å².